The van der Waals surface area contributed by atoms with E-state index in [1.54, 1.807) is 0 Å². The van der Waals surface area contributed by atoms with Crippen molar-refractivity contribution in [1.29, 1.82) is 0 Å². The van der Waals surface area contributed by atoms with E-state index in [9.17, 15) is 0 Å². The molecule has 0 heterocycles. The van der Waals surface area contributed by atoms with Crippen molar-refractivity contribution in [2.45, 2.75) is 0 Å². The fourth-order valence-electron chi connectivity index (χ4n) is 1.24. The van der Waals surface area contributed by atoms with Gasteiger partial charge in [0, 0.05) is 47.1 Å². The van der Waals surface area contributed by atoms with Crippen LogP contribution in [0.4, 0.5) is 0 Å². The molecule has 1 saturated carbocycles. The second-order valence-electron chi connectivity index (χ2n) is 2.32. The van der Waals surface area contributed by atoms with Crippen LogP contribution in [0.3, 0.4) is 0 Å². The lowest BCUT2D eigenvalue weighted by Crippen LogP contribution is -2.18. The van der Waals surface area contributed by atoms with Crippen molar-refractivity contribution < 1.29 is 0 Å². The topological polar surface area (TPSA) is 104 Å². The maximum Gasteiger partial charge on any atom is 0.00860 e. The van der Waals surface area contributed by atoms with Crippen LogP contribution in [0.2, 0.25) is 0 Å². The van der Waals surface area contributed by atoms with Gasteiger partial charge in [0.1, 0.15) is 0 Å². The summed E-state index contributed by atoms with van der Waals surface area (Å²) in [7, 11) is 0. The summed E-state index contributed by atoms with van der Waals surface area (Å²) in [5.74, 6) is 0. The molecule has 0 aromatic carbocycles. The van der Waals surface area contributed by atoms with E-state index in [-0.39, 0.29) is 0 Å². The zero-order valence-corrected chi connectivity index (χ0v) is 6.62. The molecule has 4 nitrogen and oxygen atoms in total. The van der Waals surface area contributed by atoms with Crippen LogP contribution >= 0.6 is 0 Å². The average Bonchev–Trinajstić information content (AvgIpc) is 2.05. The van der Waals surface area contributed by atoms with E-state index < -0.39 is 0 Å². The summed E-state index contributed by atoms with van der Waals surface area (Å²) in [6.07, 6.45) is 5.85. The minimum atomic E-state index is 0.844. The second kappa shape index (κ2) is 3.04. The van der Waals surface area contributed by atoms with Crippen molar-refractivity contribution in [3.8, 4) is 0 Å². The van der Waals surface area contributed by atoms with Gasteiger partial charge in [0.05, 0.1) is 0 Å². The molecule has 0 radical (unpaired) electrons. The number of hydrogen-bond donors (Lipinski definition) is 4. The zero-order chi connectivity index (χ0) is 9.14. The number of hydrogen-bond acceptors (Lipinski definition) is 4. The standard InChI is InChI=1S/C8H12N4/c9-1-5-6(2-10)8(4-12)7(5)3-11/h1-4H,9-12H2. The molecule has 64 valence electrons. The van der Waals surface area contributed by atoms with Gasteiger partial charge in [-0.2, -0.15) is 0 Å². The molecule has 8 N–H and O–H groups in total. The van der Waals surface area contributed by atoms with Crippen LogP contribution in [0.25, 0.3) is 0 Å². The van der Waals surface area contributed by atoms with Gasteiger partial charge in [0.25, 0.3) is 0 Å². The van der Waals surface area contributed by atoms with E-state index >= 15 is 0 Å². The normalized spacial score (nSPS) is 15.3. The van der Waals surface area contributed by atoms with Gasteiger partial charge in [-0.05, 0) is 0 Å². The fraction of sp³-hybridized carbons (Fsp3) is 0. The first-order valence-corrected chi connectivity index (χ1v) is 3.49. The van der Waals surface area contributed by atoms with Gasteiger partial charge in [0.15, 0.2) is 0 Å². The third-order valence-corrected chi connectivity index (χ3v) is 1.83. The van der Waals surface area contributed by atoms with Crippen molar-refractivity contribution in [3.05, 3.63) is 47.1 Å². The quantitative estimate of drug-likeness (QED) is 0.382. The smallest absolute Gasteiger partial charge is 0.00860 e. The zero-order valence-electron chi connectivity index (χ0n) is 6.62. The van der Waals surface area contributed by atoms with Gasteiger partial charge in [0.2, 0.25) is 0 Å². The highest BCUT2D eigenvalue weighted by molar-refractivity contribution is 5.77. The third kappa shape index (κ3) is 0.852. The first-order valence-electron chi connectivity index (χ1n) is 3.49. The molecule has 0 aliphatic heterocycles. The number of allylic oxidation sites excluding steroid dienone is 4. The highest BCUT2D eigenvalue weighted by Gasteiger charge is 2.28. The Morgan fingerprint density at radius 2 is 0.667 bits per heavy atom. The maximum atomic E-state index is 5.36. The molecule has 0 unspecified atom stereocenters. The highest BCUT2D eigenvalue weighted by atomic mass is 14.6. The lowest BCUT2D eigenvalue weighted by atomic mass is 9.76. The lowest BCUT2D eigenvalue weighted by molar-refractivity contribution is 1.17. The van der Waals surface area contributed by atoms with Crippen LogP contribution in [-0.4, -0.2) is 0 Å². The molecular weight excluding hydrogens is 152 g/mol. The van der Waals surface area contributed by atoms with E-state index in [1.165, 1.54) is 24.8 Å². The molecule has 1 fully saturated rings. The Morgan fingerprint density at radius 1 is 0.500 bits per heavy atom. The van der Waals surface area contributed by atoms with Gasteiger partial charge < -0.3 is 22.9 Å². The summed E-state index contributed by atoms with van der Waals surface area (Å²) in [5.41, 5.74) is 24.8. The van der Waals surface area contributed by atoms with Crippen LogP contribution in [-0.2, 0) is 0 Å². The van der Waals surface area contributed by atoms with Gasteiger partial charge >= 0.3 is 0 Å². The van der Waals surface area contributed by atoms with E-state index in [1.807, 2.05) is 0 Å². The van der Waals surface area contributed by atoms with E-state index in [0.717, 1.165) is 22.3 Å². The first kappa shape index (κ1) is 8.26. The number of nitrogens with two attached hydrogens (primary N) is 4. The minimum Gasteiger partial charge on any atom is -0.404 e. The van der Waals surface area contributed by atoms with Gasteiger partial charge in [-0.15, -0.1) is 0 Å². The Hall–Kier alpha value is -1.84. The third-order valence-electron chi connectivity index (χ3n) is 1.83. The Bertz CT molecular complexity index is 227. The molecular formula is C8H12N4. The molecule has 1 aliphatic carbocycles. The predicted molar refractivity (Wildman–Crippen MR) is 49.1 cm³/mol. The maximum absolute atomic E-state index is 5.36. The van der Waals surface area contributed by atoms with Gasteiger partial charge in [-0.1, -0.05) is 0 Å². The van der Waals surface area contributed by atoms with Crippen LogP contribution in [0.5, 0.6) is 0 Å². The molecule has 0 bridgehead atoms. The summed E-state index contributed by atoms with van der Waals surface area (Å²) >= 11 is 0. The molecule has 1 aliphatic rings. The van der Waals surface area contributed by atoms with Crippen LogP contribution in [0.15, 0.2) is 47.1 Å². The summed E-state index contributed by atoms with van der Waals surface area (Å²) in [6.45, 7) is 0. The van der Waals surface area contributed by atoms with Crippen molar-refractivity contribution >= 4 is 0 Å². The van der Waals surface area contributed by atoms with Crippen molar-refractivity contribution in [1.82, 2.24) is 0 Å². The van der Waals surface area contributed by atoms with Crippen LogP contribution in [0, 0.1) is 0 Å². The summed E-state index contributed by atoms with van der Waals surface area (Å²) in [4.78, 5) is 0. The van der Waals surface area contributed by atoms with Crippen LogP contribution < -0.4 is 22.9 Å². The number of rotatable bonds is 0. The van der Waals surface area contributed by atoms with Crippen molar-refractivity contribution in [2.75, 3.05) is 0 Å². The van der Waals surface area contributed by atoms with E-state index in [0.29, 0.717) is 0 Å². The van der Waals surface area contributed by atoms with E-state index in [2.05, 4.69) is 0 Å². The predicted octanol–water partition coefficient (Wildman–Crippen LogP) is -0.630. The first-order chi connectivity index (χ1) is 5.79. The molecule has 0 amide bonds. The lowest BCUT2D eigenvalue weighted by Gasteiger charge is -2.28. The Morgan fingerprint density at radius 3 is 0.750 bits per heavy atom. The molecule has 0 aromatic rings. The Balaban J connectivity index is 3.14. The summed E-state index contributed by atoms with van der Waals surface area (Å²) < 4.78 is 0. The Labute approximate surface area is 70.9 Å². The fourth-order valence-corrected chi connectivity index (χ4v) is 1.24. The monoisotopic (exact) mass is 164 g/mol. The summed E-state index contributed by atoms with van der Waals surface area (Å²) in [5, 5.41) is 0. The van der Waals surface area contributed by atoms with Gasteiger partial charge in [-0.3, -0.25) is 0 Å². The molecule has 1 rings (SSSR count). The van der Waals surface area contributed by atoms with Crippen molar-refractivity contribution in [3.63, 3.8) is 0 Å². The van der Waals surface area contributed by atoms with Gasteiger partial charge in [-0.25, -0.2) is 0 Å². The van der Waals surface area contributed by atoms with Crippen LogP contribution in [0.1, 0.15) is 0 Å². The average molecular weight is 164 g/mol. The Kier molecular flexibility index (Phi) is 2.09. The second-order valence-corrected chi connectivity index (χ2v) is 2.32. The molecule has 12 heavy (non-hydrogen) atoms. The van der Waals surface area contributed by atoms with Crippen molar-refractivity contribution in [2.24, 2.45) is 22.9 Å². The largest absolute Gasteiger partial charge is 0.404 e. The van der Waals surface area contributed by atoms with E-state index in [4.69, 9.17) is 22.9 Å². The highest BCUT2D eigenvalue weighted by Crippen LogP contribution is 2.41. The minimum absolute atomic E-state index is 0.844. The molecule has 0 saturated heterocycles. The molecule has 0 aromatic heterocycles. The SMILES string of the molecule is NC=C1C(=CN)C(=CN)C1=CN. The molecule has 0 atom stereocenters. The molecule has 0 spiro atoms. The summed E-state index contributed by atoms with van der Waals surface area (Å²) in [6, 6.07) is 0. The molecule has 4 heteroatoms.